The second kappa shape index (κ2) is 5.39. The molecule has 3 nitrogen and oxygen atoms in total. The van der Waals surface area contributed by atoms with Crippen molar-refractivity contribution in [3.63, 3.8) is 0 Å². The first kappa shape index (κ1) is 13.5. The third kappa shape index (κ3) is 2.60. The van der Waals surface area contributed by atoms with Crippen LogP contribution < -0.4 is 0 Å². The van der Waals surface area contributed by atoms with Gasteiger partial charge in [0.15, 0.2) is 5.78 Å². The van der Waals surface area contributed by atoms with Crippen molar-refractivity contribution in [3.8, 4) is 0 Å². The first-order chi connectivity index (χ1) is 9.04. The second-order valence-electron chi connectivity index (χ2n) is 4.94. The number of ketones is 1. The molecule has 0 spiro atoms. The van der Waals surface area contributed by atoms with Crippen molar-refractivity contribution in [1.29, 1.82) is 0 Å². The summed E-state index contributed by atoms with van der Waals surface area (Å²) in [7, 11) is 0. The Morgan fingerprint density at radius 2 is 2.05 bits per heavy atom. The molecule has 1 unspecified atom stereocenters. The Kier molecular flexibility index (Phi) is 3.84. The summed E-state index contributed by atoms with van der Waals surface area (Å²) >= 11 is 0. The van der Waals surface area contributed by atoms with Crippen LogP contribution in [0.3, 0.4) is 0 Å². The minimum absolute atomic E-state index is 0.135. The van der Waals surface area contributed by atoms with E-state index in [1.54, 1.807) is 6.20 Å². The second-order valence-corrected chi connectivity index (χ2v) is 4.94. The molecule has 1 heterocycles. The number of hydrogen-bond acceptors (Lipinski definition) is 2. The molecule has 0 bridgehead atoms. The van der Waals surface area contributed by atoms with Gasteiger partial charge in [-0.1, -0.05) is 19.1 Å². The molecule has 2 aromatic rings. The highest BCUT2D eigenvalue weighted by molar-refractivity contribution is 5.99. The summed E-state index contributed by atoms with van der Waals surface area (Å²) in [5.41, 5.74) is 3.13. The Morgan fingerprint density at radius 1 is 1.32 bits per heavy atom. The van der Waals surface area contributed by atoms with Gasteiger partial charge in [0.05, 0.1) is 6.04 Å². The molecule has 1 aromatic heterocycles. The quantitative estimate of drug-likeness (QED) is 0.785. The fraction of sp³-hybridized carbons (Fsp3) is 0.375. The van der Waals surface area contributed by atoms with Gasteiger partial charge in [-0.2, -0.15) is 0 Å². The van der Waals surface area contributed by atoms with E-state index in [4.69, 9.17) is 0 Å². The van der Waals surface area contributed by atoms with Gasteiger partial charge in [-0.3, -0.25) is 4.79 Å². The van der Waals surface area contributed by atoms with Crippen molar-refractivity contribution in [3.05, 3.63) is 53.1 Å². The molecule has 0 saturated carbocycles. The van der Waals surface area contributed by atoms with Gasteiger partial charge in [0.1, 0.15) is 5.82 Å². The Morgan fingerprint density at radius 3 is 2.68 bits per heavy atom. The van der Waals surface area contributed by atoms with Crippen LogP contribution in [0, 0.1) is 13.8 Å². The first-order valence-electron chi connectivity index (χ1n) is 6.67. The SMILES string of the molecule is CCc1nccn1C(C)C(=O)c1ccc(C)c(C)c1. The van der Waals surface area contributed by atoms with Gasteiger partial charge in [-0.25, -0.2) is 4.98 Å². The first-order valence-corrected chi connectivity index (χ1v) is 6.67. The van der Waals surface area contributed by atoms with E-state index in [1.807, 2.05) is 49.7 Å². The molecule has 0 fully saturated rings. The standard InChI is InChI=1S/C16H20N2O/c1-5-15-17-8-9-18(15)13(4)16(19)14-7-6-11(2)12(3)10-14/h6-10,13H,5H2,1-4H3. The van der Waals surface area contributed by atoms with E-state index in [2.05, 4.69) is 11.9 Å². The number of Topliss-reactive ketones (excluding diaryl/α,β-unsaturated/α-hetero) is 1. The van der Waals surface area contributed by atoms with E-state index in [0.29, 0.717) is 0 Å². The number of carbonyl (C=O) groups is 1. The third-order valence-electron chi connectivity index (χ3n) is 3.65. The van der Waals surface area contributed by atoms with Crippen molar-refractivity contribution < 1.29 is 4.79 Å². The predicted octanol–water partition coefficient (Wildman–Crippen LogP) is 3.51. The van der Waals surface area contributed by atoms with Gasteiger partial charge in [0, 0.05) is 24.4 Å². The van der Waals surface area contributed by atoms with Crippen LogP contribution in [-0.2, 0) is 6.42 Å². The van der Waals surface area contributed by atoms with Crippen LogP contribution in [0.5, 0.6) is 0 Å². The minimum atomic E-state index is -0.209. The molecule has 1 atom stereocenters. The lowest BCUT2D eigenvalue weighted by Gasteiger charge is -2.15. The molecule has 0 amide bonds. The smallest absolute Gasteiger partial charge is 0.185 e. The third-order valence-corrected chi connectivity index (χ3v) is 3.65. The average molecular weight is 256 g/mol. The van der Waals surface area contributed by atoms with Gasteiger partial charge < -0.3 is 4.57 Å². The summed E-state index contributed by atoms with van der Waals surface area (Å²) in [5.74, 6) is 1.08. The number of rotatable bonds is 4. The zero-order valence-electron chi connectivity index (χ0n) is 12.0. The molecule has 0 radical (unpaired) electrons. The zero-order valence-corrected chi connectivity index (χ0v) is 12.0. The van der Waals surface area contributed by atoms with E-state index < -0.39 is 0 Å². The molecule has 3 heteroatoms. The van der Waals surface area contributed by atoms with Crippen molar-refractivity contribution >= 4 is 5.78 Å². The average Bonchev–Trinajstić information content (AvgIpc) is 2.88. The fourth-order valence-electron chi connectivity index (χ4n) is 2.23. The van der Waals surface area contributed by atoms with Crippen LogP contribution >= 0.6 is 0 Å². The number of carbonyl (C=O) groups excluding carboxylic acids is 1. The van der Waals surface area contributed by atoms with Crippen LogP contribution in [0.15, 0.2) is 30.6 Å². The number of aromatic nitrogens is 2. The summed E-state index contributed by atoms with van der Waals surface area (Å²) in [6.45, 7) is 8.06. The van der Waals surface area contributed by atoms with Gasteiger partial charge in [0.2, 0.25) is 0 Å². The zero-order chi connectivity index (χ0) is 14.0. The molecule has 0 aliphatic carbocycles. The highest BCUT2D eigenvalue weighted by atomic mass is 16.1. The maximum absolute atomic E-state index is 12.5. The number of imidazole rings is 1. The van der Waals surface area contributed by atoms with Crippen LogP contribution in [0.4, 0.5) is 0 Å². The van der Waals surface area contributed by atoms with Crippen molar-refractivity contribution in [2.45, 2.75) is 40.2 Å². The molecule has 0 aliphatic heterocycles. The summed E-state index contributed by atoms with van der Waals surface area (Å²) in [6, 6.07) is 5.67. The number of hydrogen-bond donors (Lipinski definition) is 0. The van der Waals surface area contributed by atoms with Crippen LogP contribution in [0.2, 0.25) is 0 Å². The maximum Gasteiger partial charge on any atom is 0.185 e. The largest absolute Gasteiger partial charge is 0.324 e. The summed E-state index contributed by atoms with van der Waals surface area (Å²) < 4.78 is 1.96. The van der Waals surface area contributed by atoms with E-state index in [0.717, 1.165) is 23.4 Å². The molecule has 100 valence electrons. The van der Waals surface area contributed by atoms with E-state index in [9.17, 15) is 4.79 Å². The van der Waals surface area contributed by atoms with Crippen LogP contribution in [0.25, 0.3) is 0 Å². The number of aryl methyl sites for hydroxylation is 3. The Hall–Kier alpha value is -1.90. The monoisotopic (exact) mass is 256 g/mol. The van der Waals surface area contributed by atoms with Gasteiger partial charge >= 0.3 is 0 Å². The highest BCUT2D eigenvalue weighted by Crippen LogP contribution is 2.18. The summed E-state index contributed by atoms with van der Waals surface area (Å²) in [6.07, 6.45) is 4.46. The lowest BCUT2D eigenvalue weighted by Crippen LogP contribution is -2.18. The lowest BCUT2D eigenvalue weighted by atomic mass is 10.0. The van der Waals surface area contributed by atoms with E-state index >= 15 is 0 Å². The van der Waals surface area contributed by atoms with Gasteiger partial charge in [-0.15, -0.1) is 0 Å². The van der Waals surface area contributed by atoms with Crippen molar-refractivity contribution in [2.75, 3.05) is 0 Å². The van der Waals surface area contributed by atoms with E-state index in [-0.39, 0.29) is 11.8 Å². The number of nitrogens with zero attached hydrogens (tertiary/aromatic N) is 2. The van der Waals surface area contributed by atoms with E-state index in [1.165, 1.54) is 5.56 Å². The maximum atomic E-state index is 12.5. The molecular formula is C16H20N2O. The lowest BCUT2D eigenvalue weighted by molar-refractivity contribution is 0.0933. The molecule has 2 rings (SSSR count). The molecule has 0 saturated heterocycles. The molecule has 1 aromatic carbocycles. The predicted molar refractivity (Wildman–Crippen MR) is 76.6 cm³/mol. The van der Waals surface area contributed by atoms with Crippen molar-refractivity contribution in [1.82, 2.24) is 9.55 Å². The molecule has 0 N–H and O–H groups in total. The molecule has 0 aliphatic rings. The van der Waals surface area contributed by atoms with Crippen LogP contribution in [-0.4, -0.2) is 15.3 Å². The normalized spacial score (nSPS) is 12.4. The van der Waals surface area contributed by atoms with Gasteiger partial charge in [0.25, 0.3) is 0 Å². The minimum Gasteiger partial charge on any atom is -0.324 e. The molecular weight excluding hydrogens is 236 g/mol. The summed E-state index contributed by atoms with van der Waals surface area (Å²) in [5, 5.41) is 0. The van der Waals surface area contributed by atoms with Gasteiger partial charge in [-0.05, 0) is 38.0 Å². The highest BCUT2D eigenvalue weighted by Gasteiger charge is 2.19. The topological polar surface area (TPSA) is 34.9 Å². The summed E-state index contributed by atoms with van der Waals surface area (Å²) in [4.78, 5) is 16.8. The molecule has 19 heavy (non-hydrogen) atoms. The van der Waals surface area contributed by atoms with Crippen molar-refractivity contribution in [2.24, 2.45) is 0 Å². The Balaban J connectivity index is 2.31. The fourth-order valence-corrected chi connectivity index (χ4v) is 2.23. The van der Waals surface area contributed by atoms with Crippen LogP contribution in [0.1, 0.15) is 47.2 Å². The Labute approximate surface area is 114 Å². The number of benzene rings is 1. The Bertz CT molecular complexity index is 599.